The molecule has 0 aromatic rings. The van der Waals surface area contributed by atoms with Crippen molar-refractivity contribution in [3.8, 4) is 0 Å². The number of nitrogens with one attached hydrogen (secondary N) is 1. The maximum atomic E-state index is 11.5. The zero-order chi connectivity index (χ0) is 12.7. The van der Waals surface area contributed by atoms with Gasteiger partial charge in [-0.05, 0) is 26.2 Å². The molecule has 0 saturated carbocycles. The third-order valence-corrected chi connectivity index (χ3v) is 1.90. The van der Waals surface area contributed by atoms with Crippen molar-refractivity contribution < 1.29 is 9.53 Å². The quantitative estimate of drug-likeness (QED) is 0.417. The molecule has 16 heavy (non-hydrogen) atoms. The number of rotatable bonds is 5. The van der Waals surface area contributed by atoms with Gasteiger partial charge >= 0.3 is 5.97 Å². The Morgan fingerprint density at radius 1 is 1.38 bits per heavy atom. The lowest BCUT2D eigenvalue weighted by Crippen LogP contribution is -2.39. The second kappa shape index (κ2) is 7.09. The summed E-state index contributed by atoms with van der Waals surface area (Å²) in [6.45, 7) is 7.96. The van der Waals surface area contributed by atoms with E-state index >= 15 is 0 Å². The van der Waals surface area contributed by atoms with Gasteiger partial charge in [0, 0.05) is 6.04 Å². The molecule has 0 rings (SSSR count). The molecule has 0 aliphatic heterocycles. The minimum absolute atomic E-state index is 0.195. The summed E-state index contributed by atoms with van der Waals surface area (Å²) in [5.74, 6) is 0.299. The van der Waals surface area contributed by atoms with E-state index in [2.05, 4.69) is 15.0 Å². The zero-order valence-electron chi connectivity index (χ0n) is 10.8. The van der Waals surface area contributed by atoms with Gasteiger partial charge in [0.05, 0.1) is 7.11 Å². The Bertz CT molecular complexity index is 250. The molecule has 5 nitrogen and oxygen atoms in total. The van der Waals surface area contributed by atoms with E-state index < -0.39 is 6.04 Å². The van der Waals surface area contributed by atoms with E-state index in [0.29, 0.717) is 12.3 Å². The summed E-state index contributed by atoms with van der Waals surface area (Å²) in [5, 5.41) is 2.95. The number of esters is 1. The molecule has 0 heterocycles. The smallest absolute Gasteiger partial charge is 0.330 e. The monoisotopic (exact) mass is 229 g/mol. The number of guanidine groups is 1. The van der Waals surface area contributed by atoms with Crippen molar-refractivity contribution in [2.45, 2.75) is 46.2 Å². The summed E-state index contributed by atoms with van der Waals surface area (Å²) in [6.07, 6.45) is 0.632. The van der Waals surface area contributed by atoms with Crippen molar-refractivity contribution in [2.24, 2.45) is 16.6 Å². The maximum Gasteiger partial charge on any atom is 0.330 e. The fourth-order valence-electron chi connectivity index (χ4n) is 1.29. The minimum Gasteiger partial charge on any atom is -0.467 e. The van der Waals surface area contributed by atoms with E-state index in [4.69, 9.17) is 5.73 Å². The largest absolute Gasteiger partial charge is 0.467 e. The van der Waals surface area contributed by atoms with Crippen LogP contribution >= 0.6 is 0 Å². The van der Waals surface area contributed by atoms with Gasteiger partial charge in [-0.15, -0.1) is 0 Å². The average Bonchev–Trinajstić information content (AvgIpc) is 2.13. The third-order valence-electron chi connectivity index (χ3n) is 1.90. The molecule has 0 aliphatic rings. The number of hydrogen-bond donors (Lipinski definition) is 2. The van der Waals surface area contributed by atoms with E-state index in [1.165, 1.54) is 7.11 Å². The van der Waals surface area contributed by atoms with Crippen LogP contribution in [0.3, 0.4) is 0 Å². The molecule has 3 N–H and O–H groups in total. The number of methoxy groups -OCH3 is 1. The van der Waals surface area contributed by atoms with Crippen LogP contribution in [-0.2, 0) is 9.53 Å². The minimum atomic E-state index is -0.517. The molecule has 0 saturated heterocycles. The van der Waals surface area contributed by atoms with Crippen molar-refractivity contribution in [3.63, 3.8) is 0 Å². The highest BCUT2D eigenvalue weighted by Crippen LogP contribution is 2.09. The van der Waals surface area contributed by atoms with Crippen molar-refractivity contribution in [1.82, 2.24) is 5.32 Å². The molecule has 94 valence electrons. The van der Waals surface area contributed by atoms with Crippen molar-refractivity contribution in [3.05, 3.63) is 0 Å². The normalized spacial score (nSPS) is 14.1. The molecular formula is C11H23N3O2. The Balaban J connectivity index is 4.57. The highest BCUT2D eigenvalue weighted by atomic mass is 16.5. The summed E-state index contributed by atoms with van der Waals surface area (Å²) in [4.78, 5) is 15.6. The number of nitrogens with two attached hydrogens (primary N) is 1. The van der Waals surface area contributed by atoms with Gasteiger partial charge in [0.15, 0.2) is 12.0 Å². The molecule has 5 heteroatoms. The SMILES string of the molecule is COC(=O)C(CC(C)C)N=C(N)NC(C)C. The Morgan fingerprint density at radius 2 is 1.94 bits per heavy atom. The van der Waals surface area contributed by atoms with Crippen LogP contribution in [0.2, 0.25) is 0 Å². The summed E-state index contributed by atoms with van der Waals surface area (Å²) in [6, 6.07) is -0.322. The molecule has 0 fully saturated rings. The number of carbonyl (C=O) groups is 1. The highest BCUT2D eigenvalue weighted by Gasteiger charge is 2.19. The number of hydrogen-bond acceptors (Lipinski definition) is 3. The lowest BCUT2D eigenvalue weighted by atomic mass is 10.0. The lowest BCUT2D eigenvalue weighted by Gasteiger charge is -2.15. The number of aliphatic imine (C=N–C) groups is 1. The first kappa shape index (κ1) is 14.7. The van der Waals surface area contributed by atoms with E-state index in [1.807, 2.05) is 27.7 Å². The molecule has 0 aromatic heterocycles. The Hall–Kier alpha value is -1.26. The first-order chi connectivity index (χ1) is 7.36. The molecule has 0 spiro atoms. The standard InChI is InChI=1S/C11H23N3O2/c1-7(2)6-9(10(15)16-5)14-11(12)13-8(3)4/h7-9H,6H2,1-5H3,(H3,12,13,14). The predicted octanol–water partition coefficient (Wildman–Crippen LogP) is 0.887. The van der Waals surface area contributed by atoms with Crippen molar-refractivity contribution >= 4 is 11.9 Å². The summed E-state index contributed by atoms with van der Waals surface area (Å²) in [7, 11) is 1.36. The second-order valence-corrected chi connectivity index (χ2v) is 4.48. The first-order valence-electron chi connectivity index (χ1n) is 5.54. The maximum absolute atomic E-state index is 11.5. The summed E-state index contributed by atoms with van der Waals surface area (Å²) in [5.41, 5.74) is 5.67. The van der Waals surface area contributed by atoms with Crippen LogP contribution in [0.4, 0.5) is 0 Å². The van der Waals surface area contributed by atoms with Gasteiger partial charge in [0.25, 0.3) is 0 Å². The zero-order valence-corrected chi connectivity index (χ0v) is 10.8. The second-order valence-electron chi connectivity index (χ2n) is 4.48. The van der Waals surface area contributed by atoms with E-state index in [1.54, 1.807) is 0 Å². The van der Waals surface area contributed by atoms with Gasteiger partial charge in [-0.3, -0.25) is 0 Å². The third kappa shape index (κ3) is 6.27. The average molecular weight is 229 g/mol. The van der Waals surface area contributed by atoms with Crippen LogP contribution in [0.15, 0.2) is 4.99 Å². The van der Waals surface area contributed by atoms with Crippen molar-refractivity contribution in [1.29, 1.82) is 0 Å². The molecular weight excluding hydrogens is 206 g/mol. The molecule has 0 aromatic carbocycles. The molecule has 0 radical (unpaired) electrons. The fraction of sp³-hybridized carbons (Fsp3) is 0.818. The van der Waals surface area contributed by atoms with Gasteiger partial charge in [0.1, 0.15) is 0 Å². The highest BCUT2D eigenvalue weighted by molar-refractivity contribution is 5.83. The topological polar surface area (TPSA) is 76.7 Å². The number of nitrogens with zero attached hydrogens (tertiary/aromatic N) is 1. The van der Waals surface area contributed by atoms with Crippen LogP contribution in [0, 0.1) is 5.92 Å². The van der Waals surface area contributed by atoms with Crippen LogP contribution < -0.4 is 11.1 Å². The van der Waals surface area contributed by atoms with Gasteiger partial charge < -0.3 is 15.8 Å². The van der Waals surface area contributed by atoms with Crippen LogP contribution in [-0.4, -0.2) is 31.1 Å². The molecule has 0 aliphatic carbocycles. The Kier molecular flexibility index (Phi) is 6.53. The van der Waals surface area contributed by atoms with Gasteiger partial charge in [-0.1, -0.05) is 13.8 Å². The summed E-state index contributed by atoms with van der Waals surface area (Å²) >= 11 is 0. The molecule has 0 bridgehead atoms. The van der Waals surface area contributed by atoms with E-state index in [-0.39, 0.29) is 18.0 Å². The molecule has 1 atom stereocenters. The molecule has 0 amide bonds. The van der Waals surface area contributed by atoms with Gasteiger partial charge in [0.2, 0.25) is 0 Å². The molecule has 1 unspecified atom stereocenters. The first-order valence-corrected chi connectivity index (χ1v) is 5.54. The fourth-order valence-corrected chi connectivity index (χ4v) is 1.29. The van der Waals surface area contributed by atoms with E-state index in [9.17, 15) is 4.79 Å². The number of ether oxygens (including phenoxy) is 1. The lowest BCUT2D eigenvalue weighted by molar-refractivity contribution is -0.142. The van der Waals surface area contributed by atoms with Gasteiger partial charge in [-0.25, -0.2) is 9.79 Å². The van der Waals surface area contributed by atoms with E-state index in [0.717, 1.165) is 0 Å². The van der Waals surface area contributed by atoms with Crippen LogP contribution in [0.1, 0.15) is 34.1 Å². The van der Waals surface area contributed by atoms with Crippen LogP contribution in [0.5, 0.6) is 0 Å². The van der Waals surface area contributed by atoms with Crippen molar-refractivity contribution in [2.75, 3.05) is 7.11 Å². The summed E-state index contributed by atoms with van der Waals surface area (Å²) < 4.78 is 4.69. The van der Waals surface area contributed by atoms with Gasteiger partial charge in [-0.2, -0.15) is 0 Å². The van der Waals surface area contributed by atoms with Crippen LogP contribution in [0.25, 0.3) is 0 Å². The Labute approximate surface area is 97.4 Å². The number of carbonyl (C=O) groups excluding carboxylic acids is 1. The Morgan fingerprint density at radius 3 is 2.31 bits per heavy atom. The predicted molar refractivity (Wildman–Crippen MR) is 65.2 cm³/mol.